The molecule has 2 aromatic carbocycles. The topological polar surface area (TPSA) is 9.23 Å². The van der Waals surface area contributed by atoms with Crippen LogP contribution in [0.4, 0.5) is 0 Å². The zero-order chi connectivity index (χ0) is 14.8. The van der Waals surface area contributed by atoms with Gasteiger partial charge in [0.2, 0.25) is 0 Å². The van der Waals surface area contributed by atoms with E-state index in [0.29, 0.717) is 6.61 Å². The van der Waals surface area contributed by atoms with Crippen LogP contribution in [0.15, 0.2) is 46.3 Å². The maximum Gasteiger partial charge on any atom is 0.120 e. The first-order valence-electron chi connectivity index (χ1n) is 6.74. The highest BCUT2D eigenvalue weighted by Crippen LogP contribution is 2.32. The van der Waals surface area contributed by atoms with E-state index in [-0.39, 0.29) is 0 Å². The van der Waals surface area contributed by atoms with Gasteiger partial charge in [-0.3, -0.25) is 0 Å². The van der Waals surface area contributed by atoms with Gasteiger partial charge in [-0.15, -0.1) is 11.3 Å². The van der Waals surface area contributed by atoms with Gasteiger partial charge in [0, 0.05) is 20.6 Å². The molecule has 3 aromatic rings. The summed E-state index contributed by atoms with van der Waals surface area (Å²) in [4.78, 5) is 0. The molecule has 0 bridgehead atoms. The second-order valence-electron chi connectivity index (χ2n) is 4.76. The Balaban J connectivity index is 1.96. The molecule has 1 aromatic heterocycles. The molecule has 0 spiro atoms. The molecule has 0 fully saturated rings. The zero-order valence-electron chi connectivity index (χ0n) is 11.5. The Morgan fingerprint density at radius 3 is 2.81 bits per heavy atom. The fourth-order valence-electron chi connectivity index (χ4n) is 2.34. The fourth-order valence-corrected chi connectivity index (χ4v) is 3.92. The summed E-state index contributed by atoms with van der Waals surface area (Å²) < 4.78 is 7.86. The molecule has 0 radical (unpaired) electrons. The summed E-state index contributed by atoms with van der Waals surface area (Å²) >= 11 is 11.5. The Morgan fingerprint density at radius 2 is 2.00 bits per heavy atom. The minimum Gasteiger partial charge on any atom is -0.494 e. The van der Waals surface area contributed by atoms with Crippen LogP contribution in [0.1, 0.15) is 18.1 Å². The molecule has 4 heteroatoms. The minimum atomic E-state index is 0.692. The molecule has 0 amide bonds. The molecule has 0 atom stereocenters. The first kappa shape index (κ1) is 14.9. The predicted octanol–water partition coefficient (Wildman–Crippen LogP) is 6.31. The number of benzene rings is 2. The molecule has 108 valence electrons. The molecule has 0 unspecified atom stereocenters. The molecule has 1 nitrogen and oxygen atoms in total. The molecule has 0 saturated carbocycles. The first-order chi connectivity index (χ1) is 10.2. The van der Waals surface area contributed by atoms with Crippen LogP contribution in [0.2, 0.25) is 5.02 Å². The van der Waals surface area contributed by atoms with Crippen molar-refractivity contribution in [3.63, 3.8) is 0 Å². The molecule has 0 aliphatic heterocycles. The third-order valence-corrected chi connectivity index (χ3v) is 5.18. The van der Waals surface area contributed by atoms with Crippen molar-refractivity contribution < 1.29 is 4.74 Å². The first-order valence-corrected chi connectivity index (χ1v) is 8.79. The lowest BCUT2D eigenvalue weighted by Gasteiger charge is -2.06. The highest BCUT2D eigenvalue weighted by molar-refractivity contribution is 9.10. The molecule has 0 aliphatic carbocycles. The van der Waals surface area contributed by atoms with Crippen LogP contribution in [0.3, 0.4) is 0 Å². The molecular formula is C17H14BrClOS. The maximum atomic E-state index is 6.29. The maximum absolute atomic E-state index is 6.29. The van der Waals surface area contributed by atoms with Gasteiger partial charge in [-0.05, 0) is 65.2 Å². The van der Waals surface area contributed by atoms with E-state index in [1.165, 1.54) is 15.6 Å². The van der Waals surface area contributed by atoms with Crippen molar-refractivity contribution in [2.24, 2.45) is 0 Å². The highest BCUT2D eigenvalue weighted by Gasteiger charge is 2.09. The molecule has 0 saturated heterocycles. The van der Waals surface area contributed by atoms with Gasteiger partial charge >= 0.3 is 0 Å². The van der Waals surface area contributed by atoms with E-state index < -0.39 is 0 Å². The normalized spacial score (nSPS) is 11.0. The van der Waals surface area contributed by atoms with Gasteiger partial charge in [-0.2, -0.15) is 0 Å². The average Bonchev–Trinajstić information content (AvgIpc) is 2.86. The van der Waals surface area contributed by atoms with Crippen LogP contribution in [0.25, 0.3) is 10.1 Å². The number of halogens is 2. The molecule has 0 N–H and O–H groups in total. The van der Waals surface area contributed by atoms with Gasteiger partial charge in [0.05, 0.1) is 6.61 Å². The van der Waals surface area contributed by atoms with E-state index in [2.05, 4.69) is 39.5 Å². The van der Waals surface area contributed by atoms with Crippen LogP contribution in [-0.4, -0.2) is 6.61 Å². The summed E-state index contributed by atoms with van der Waals surface area (Å²) in [5.41, 5.74) is 2.44. The van der Waals surface area contributed by atoms with Crippen molar-refractivity contribution in [2.45, 2.75) is 13.3 Å². The Labute approximate surface area is 141 Å². The van der Waals surface area contributed by atoms with Crippen LogP contribution in [-0.2, 0) is 6.42 Å². The lowest BCUT2D eigenvalue weighted by molar-refractivity contribution is 0.341. The largest absolute Gasteiger partial charge is 0.494 e. The Kier molecular flexibility index (Phi) is 4.53. The second-order valence-corrected chi connectivity index (χ2v) is 7.00. The van der Waals surface area contributed by atoms with Gasteiger partial charge < -0.3 is 4.74 Å². The quantitative estimate of drug-likeness (QED) is 0.515. The number of hydrogen-bond donors (Lipinski definition) is 0. The van der Waals surface area contributed by atoms with Crippen molar-refractivity contribution in [3.8, 4) is 5.75 Å². The predicted molar refractivity (Wildman–Crippen MR) is 95.0 cm³/mol. The molecule has 3 rings (SSSR count). The fraction of sp³-hybridized carbons (Fsp3) is 0.176. The highest BCUT2D eigenvalue weighted by atomic mass is 79.9. The summed E-state index contributed by atoms with van der Waals surface area (Å²) in [5, 5.41) is 4.29. The summed E-state index contributed by atoms with van der Waals surface area (Å²) in [5.74, 6) is 0.930. The van der Waals surface area contributed by atoms with Crippen molar-refractivity contribution >= 4 is 49.0 Å². The van der Waals surface area contributed by atoms with Crippen LogP contribution in [0.5, 0.6) is 5.75 Å². The van der Waals surface area contributed by atoms with Crippen molar-refractivity contribution in [1.82, 2.24) is 0 Å². The van der Waals surface area contributed by atoms with Crippen molar-refractivity contribution in [1.29, 1.82) is 0 Å². The van der Waals surface area contributed by atoms with Gasteiger partial charge in [-0.25, -0.2) is 0 Å². The Bertz CT molecular complexity index is 782. The monoisotopic (exact) mass is 380 g/mol. The standard InChI is InChI=1S/C17H14BrClOS/c1-2-20-14-4-5-15-12(10-21-17(15)9-14)7-11-8-13(18)3-6-16(11)19/h3-6,8-10H,2,7H2,1H3. The number of hydrogen-bond acceptors (Lipinski definition) is 2. The van der Waals surface area contributed by atoms with Gasteiger partial charge in [0.15, 0.2) is 0 Å². The third-order valence-electron chi connectivity index (χ3n) is 3.33. The van der Waals surface area contributed by atoms with Gasteiger partial charge in [-0.1, -0.05) is 27.5 Å². The summed E-state index contributed by atoms with van der Waals surface area (Å²) in [7, 11) is 0. The van der Waals surface area contributed by atoms with Gasteiger partial charge in [0.1, 0.15) is 5.75 Å². The zero-order valence-corrected chi connectivity index (χ0v) is 14.7. The van der Waals surface area contributed by atoms with E-state index in [1.54, 1.807) is 11.3 Å². The van der Waals surface area contributed by atoms with E-state index in [9.17, 15) is 0 Å². The lowest BCUT2D eigenvalue weighted by atomic mass is 10.0. The van der Waals surface area contributed by atoms with Crippen molar-refractivity contribution in [2.75, 3.05) is 6.61 Å². The van der Waals surface area contributed by atoms with Crippen LogP contribution < -0.4 is 4.74 Å². The summed E-state index contributed by atoms with van der Waals surface area (Å²) in [6.07, 6.45) is 0.840. The number of ether oxygens (including phenoxy) is 1. The lowest BCUT2D eigenvalue weighted by Crippen LogP contribution is -1.91. The molecule has 1 heterocycles. The van der Waals surface area contributed by atoms with Crippen molar-refractivity contribution in [3.05, 3.63) is 62.4 Å². The van der Waals surface area contributed by atoms with E-state index in [4.69, 9.17) is 16.3 Å². The number of thiophene rings is 1. The second kappa shape index (κ2) is 6.39. The van der Waals surface area contributed by atoms with Crippen LogP contribution in [0, 0.1) is 0 Å². The molecular weight excluding hydrogens is 368 g/mol. The van der Waals surface area contributed by atoms with E-state index in [1.807, 2.05) is 25.1 Å². The van der Waals surface area contributed by atoms with E-state index >= 15 is 0 Å². The Hall–Kier alpha value is -1.03. The number of rotatable bonds is 4. The Morgan fingerprint density at radius 1 is 1.14 bits per heavy atom. The molecule has 21 heavy (non-hydrogen) atoms. The van der Waals surface area contributed by atoms with Gasteiger partial charge in [0.25, 0.3) is 0 Å². The summed E-state index contributed by atoms with van der Waals surface area (Å²) in [6.45, 7) is 2.69. The number of fused-ring (bicyclic) bond motifs is 1. The van der Waals surface area contributed by atoms with Crippen LogP contribution >= 0.6 is 38.9 Å². The smallest absolute Gasteiger partial charge is 0.120 e. The summed E-state index contributed by atoms with van der Waals surface area (Å²) in [6, 6.07) is 12.3. The van der Waals surface area contributed by atoms with E-state index in [0.717, 1.165) is 27.2 Å². The average molecular weight is 382 g/mol. The third kappa shape index (κ3) is 3.25. The minimum absolute atomic E-state index is 0.692. The molecule has 0 aliphatic rings. The SMILES string of the molecule is CCOc1ccc2c(Cc3cc(Br)ccc3Cl)csc2c1.